The number of rotatable bonds is 4. The number of benzene rings is 2. The van der Waals surface area contributed by atoms with Crippen LogP contribution in [0.15, 0.2) is 54.6 Å². The molecule has 1 atom stereocenters. The van der Waals surface area contributed by atoms with Crippen molar-refractivity contribution in [2.24, 2.45) is 0 Å². The lowest BCUT2D eigenvalue weighted by Crippen LogP contribution is -2.33. The number of carbonyl (C=O) groups excluding carboxylic acids is 1. The third-order valence-electron chi connectivity index (χ3n) is 2.74. The van der Waals surface area contributed by atoms with E-state index in [1.165, 1.54) is 0 Å². The van der Waals surface area contributed by atoms with E-state index in [1.807, 2.05) is 6.07 Å². The van der Waals surface area contributed by atoms with Crippen LogP contribution in [0.5, 0.6) is 0 Å². The summed E-state index contributed by atoms with van der Waals surface area (Å²) in [6, 6.07) is 14.6. The maximum absolute atomic E-state index is 12.1. The lowest BCUT2D eigenvalue weighted by atomic mass is 10.1. The predicted molar refractivity (Wildman–Crippen MR) is 83.4 cm³/mol. The summed E-state index contributed by atoms with van der Waals surface area (Å²) in [6.07, 6.45) is 0. The van der Waals surface area contributed by atoms with Gasteiger partial charge in [0, 0.05) is 9.13 Å². The highest BCUT2D eigenvalue weighted by molar-refractivity contribution is 14.1. The Morgan fingerprint density at radius 2 is 1.75 bits per heavy atom. The van der Waals surface area contributed by atoms with Crippen LogP contribution < -0.4 is 5.32 Å². The van der Waals surface area contributed by atoms with E-state index in [-0.39, 0.29) is 0 Å². The number of carbonyl (C=O) groups is 2. The Morgan fingerprint density at radius 1 is 1.05 bits per heavy atom. The van der Waals surface area contributed by atoms with Crippen LogP contribution in [0.4, 0.5) is 0 Å². The normalized spacial score (nSPS) is 11.7. The van der Waals surface area contributed by atoms with Crippen molar-refractivity contribution in [3.8, 4) is 0 Å². The first-order valence-electron chi connectivity index (χ1n) is 5.92. The number of amides is 1. The van der Waals surface area contributed by atoms with Crippen molar-refractivity contribution >= 4 is 34.5 Å². The maximum Gasteiger partial charge on any atom is 0.330 e. The smallest absolute Gasteiger partial charge is 0.330 e. The molecular formula is C15H12INO3. The van der Waals surface area contributed by atoms with Crippen LogP contribution in [-0.4, -0.2) is 17.0 Å². The molecule has 1 amide bonds. The van der Waals surface area contributed by atoms with Crippen molar-refractivity contribution in [2.75, 3.05) is 0 Å². The number of aliphatic carboxylic acids is 1. The molecule has 0 saturated heterocycles. The predicted octanol–water partition coefficient (Wildman–Crippen LogP) is 2.85. The summed E-state index contributed by atoms with van der Waals surface area (Å²) in [5.41, 5.74) is 0.984. The van der Waals surface area contributed by atoms with E-state index in [0.717, 1.165) is 3.57 Å². The third kappa shape index (κ3) is 3.57. The average molecular weight is 381 g/mol. The van der Waals surface area contributed by atoms with Crippen LogP contribution in [0.1, 0.15) is 22.0 Å². The zero-order valence-electron chi connectivity index (χ0n) is 10.4. The van der Waals surface area contributed by atoms with Crippen molar-refractivity contribution < 1.29 is 14.7 Å². The van der Waals surface area contributed by atoms with Crippen LogP contribution in [0.2, 0.25) is 0 Å². The first kappa shape index (κ1) is 14.5. The second kappa shape index (κ2) is 6.51. The van der Waals surface area contributed by atoms with Gasteiger partial charge in [-0.2, -0.15) is 0 Å². The van der Waals surface area contributed by atoms with E-state index in [9.17, 15) is 14.7 Å². The quantitative estimate of drug-likeness (QED) is 0.801. The van der Waals surface area contributed by atoms with E-state index < -0.39 is 17.9 Å². The SMILES string of the molecule is O=C(N[C@@H](C(=O)O)c1ccccc1)c1cccc(I)c1. The summed E-state index contributed by atoms with van der Waals surface area (Å²) in [7, 11) is 0. The van der Waals surface area contributed by atoms with E-state index in [0.29, 0.717) is 11.1 Å². The van der Waals surface area contributed by atoms with Crippen molar-refractivity contribution in [2.45, 2.75) is 6.04 Å². The fraction of sp³-hybridized carbons (Fsp3) is 0.0667. The minimum Gasteiger partial charge on any atom is -0.479 e. The molecule has 20 heavy (non-hydrogen) atoms. The van der Waals surface area contributed by atoms with Gasteiger partial charge >= 0.3 is 5.97 Å². The van der Waals surface area contributed by atoms with E-state index in [4.69, 9.17) is 0 Å². The summed E-state index contributed by atoms with van der Waals surface area (Å²) in [5.74, 6) is -1.49. The molecular weight excluding hydrogens is 369 g/mol. The minimum atomic E-state index is -1.09. The fourth-order valence-electron chi connectivity index (χ4n) is 1.78. The molecule has 2 N–H and O–H groups in total. The van der Waals surface area contributed by atoms with Gasteiger partial charge in [-0.3, -0.25) is 4.79 Å². The van der Waals surface area contributed by atoms with Crippen molar-refractivity contribution in [1.82, 2.24) is 5.32 Å². The van der Waals surface area contributed by atoms with Gasteiger partial charge in [0.05, 0.1) is 0 Å². The molecule has 0 aliphatic heterocycles. The van der Waals surface area contributed by atoms with Gasteiger partial charge in [0.1, 0.15) is 0 Å². The number of hydrogen-bond acceptors (Lipinski definition) is 2. The zero-order valence-corrected chi connectivity index (χ0v) is 12.6. The standard InChI is InChI=1S/C15H12INO3/c16-12-8-4-7-11(9-12)14(18)17-13(15(19)20)10-5-2-1-3-6-10/h1-9,13H,(H,17,18)(H,19,20)/t13-/m1/s1. The highest BCUT2D eigenvalue weighted by Crippen LogP contribution is 2.14. The highest BCUT2D eigenvalue weighted by atomic mass is 127. The molecule has 0 aromatic heterocycles. The molecule has 0 fully saturated rings. The van der Waals surface area contributed by atoms with Gasteiger partial charge < -0.3 is 10.4 Å². The van der Waals surface area contributed by atoms with E-state index >= 15 is 0 Å². The number of carboxylic acids is 1. The van der Waals surface area contributed by atoms with Gasteiger partial charge in [0.15, 0.2) is 6.04 Å². The molecule has 0 aliphatic rings. The van der Waals surface area contributed by atoms with Gasteiger partial charge in [-0.1, -0.05) is 36.4 Å². The van der Waals surface area contributed by atoms with Gasteiger partial charge in [0.25, 0.3) is 5.91 Å². The van der Waals surface area contributed by atoms with E-state index in [2.05, 4.69) is 27.9 Å². The van der Waals surface area contributed by atoms with Gasteiger partial charge in [-0.05, 0) is 46.4 Å². The van der Waals surface area contributed by atoms with Gasteiger partial charge in [0.2, 0.25) is 0 Å². The van der Waals surface area contributed by atoms with Crippen molar-refractivity contribution in [3.05, 3.63) is 69.3 Å². The second-order valence-electron chi connectivity index (χ2n) is 4.17. The second-order valence-corrected chi connectivity index (χ2v) is 5.41. The Hall–Kier alpha value is -1.89. The summed E-state index contributed by atoms with van der Waals surface area (Å²) in [4.78, 5) is 23.4. The lowest BCUT2D eigenvalue weighted by molar-refractivity contribution is -0.139. The Bertz CT molecular complexity index is 628. The molecule has 2 rings (SSSR count). The van der Waals surface area contributed by atoms with Crippen molar-refractivity contribution in [1.29, 1.82) is 0 Å². The summed E-state index contributed by atoms with van der Waals surface area (Å²) in [6.45, 7) is 0. The number of halogens is 1. The average Bonchev–Trinajstić information content (AvgIpc) is 2.45. The molecule has 102 valence electrons. The monoisotopic (exact) mass is 381 g/mol. The first-order valence-corrected chi connectivity index (χ1v) is 7.00. The molecule has 0 spiro atoms. The van der Waals surface area contributed by atoms with Crippen LogP contribution in [-0.2, 0) is 4.79 Å². The Morgan fingerprint density at radius 3 is 2.35 bits per heavy atom. The first-order chi connectivity index (χ1) is 9.58. The van der Waals surface area contributed by atoms with Crippen LogP contribution in [0.3, 0.4) is 0 Å². The largest absolute Gasteiger partial charge is 0.479 e. The number of carboxylic acid groups (broad SMARTS) is 1. The van der Waals surface area contributed by atoms with Crippen LogP contribution in [0.25, 0.3) is 0 Å². The molecule has 2 aromatic rings. The summed E-state index contributed by atoms with van der Waals surface area (Å²) >= 11 is 2.10. The molecule has 0 aliphatic carbocycles. The van der Waals surface area contributed by atoms with Gasteiger partial charge in [-0.15, -0.1) is 0 Å². The van der Waals surface area contributed by atoms with Crippen LogP contribution >= 0.6 is 22.6 Å². The number of hydrogen-bond donors (Lipinski definition) is 2. The topological polar surface area (TPSA) is 66.4 Å². The Kier molecular flexibility index (Phi) is 4.73. The molecule has 0 unspecified atom stereocenters. The summed E-state index contributed by atoms with van der Waals surface area (Å²) in [5, 5.41) is 11.8. The Labute approximate surface area is 130 Å². The van der Waals surface area contributed by atoms with Gasteiger partial charge in [-0.25, -0.2) is 4.79 Å². The molecule has 0 heterocycles. The summed E-state index contributed by atoms with van der Waals surface area (Å²) < 4.78 is 0.918. The molecule has 2 aromatic carbocycles. The van der Waals surface area contributed by atoms with Crippen molar-refractivity contribution in [3.63, 3.8) is 0 Å². The number of nitrogens with one attached hydrogen (secondary N) is 1. The molecule has 0 saturated carbocycles. The fourth-order valence-corrected chi connectivity index (χ4v) is 2.32. The molecule has 0 bridgehead atoms. The maximum atomic E-state index is 12.1. The van der Waals surface area contributed by atoms with E-state index in [1.54, 1.807) is 48.5 Å². The lowest BCUT2D eigenvalue weighted by Gasteiger charge is -2.15. The minimum absolute atomic E-state index is 0.403. The highest BCUT2D eigenvalue weighted by Gasteiger charge is 2.22. The molecule has 0 radical (unpaired) electrons. The van der Waals surface area contributed by atoms with Crippen LogP contribution in [0, 0.1) is 3.57 Å². The third-order valence-corrected chi connectivity index (χ3v) is 3.41. The molecule has 4 nitrogen and oxygen atoms in total. The zero-order chi connectivity index (χ0) is 14.5. The molecule has 5 heteroatoms. The Balaban J connectivity index is 2.21.